The number of ether oxygens (including phenoxy) is 2. The lowest BCUT2D eigenvalue weighted by Crippen LogP contribution is -2.20. The molecule has 1 aromatic heterocycles. The molecule has 0 radical (unpaired) electrons. The van der Waals surface area contributed by atoms with Crippen molar-refractivity contribution in [3.63, 3.8) is 0 Å². The highest BCUT2D eigenvalue weighted by atomic mass is 35.5. The molecule has 1 N–H and O–H groups in total. The number of aromatic nitrogens is 3. The SMILES string of the molecule is CCOc1ccc(/C=N\NC(=O)CSc2nnc(-c3ccc(Cl)cc3)n2-c2ccc(OCC)cc2)cc1. The Hall–Kier alpha value is -3.82. The van der Waals surface area contributed by atoms with Crippen LogP contribution in [0.15, 0.2) is 83.1 Å². The minimum absolute atomic E-state index is 0.108. The van der Waals surface area contributed by atoms with Crippen molar-refractivity contribution in [1.82, 2.24) is 20.2 Å². The predicted octanol–water partition coefficient (Wildman–Crippen LogP) is 5.63. The van der Waals surface area contributed by atoms with Crippen LogP contribution in [0.3, 0.4) is 0 Å². The van der Waals surface area contributed by atoms with Crippen molar-refractivity contribution in [1.29, 1.82) is 0 Å². The topological polar surface area (TPSA) is 90.6 Å². The normalized spacial score (nSPS) is 11.0. The molecule has 0 saturated heterocycles. The Morgan fingerprint density at radius 1 is 0.946 bits per heavy atom. The second kappa shape index (κ2) is 12.9. The summed E-state index contributed by atoms with van der Waals surface area (Å²) in [5.74, 6) is 2.04. The first-order valence-corrected chi connectivity index (χ1v) is 13.1. The Kier molecular flexibility index (Phi) is 9.18. The molecule has 0 bridgehead atoms. The van der Waals surface area contributed by atoms with Gasteiger partial charge in [-0.2, -0.15) is 5.10 Å². The Morgan fingerprint density at radius 3 is 2.19 bits per heavy atom. The van der Waals surface area contributed by atoms with Gasteiger partial charge < -0.3 is 9.47 Å². The van der Waals surface area contributed by atoms with Crippen LogP contribution in [0.25, 0.3) is 17.1 Å². The van der Waals surface area contributed by atoms with E-state index in [4.69, 9.17) is 21.1 Å². The van der Waals surface area contributed by atoms with Crippen LogP contribution >= 0.6 is 23.4 Å². The lowest BCUT2D eigenvalue weighted by atomic mass is 10.2. The highest BCUT2D eigenvalue weighted by Crippen LogP contribution is 2.29. The number of thioether (sulfide) groups is 1. The lowest BCUT2D eigenvalue weighted by molar-refractivity contribution is -0.118. The summed E-state index contributed by atoms with van der Waals surface area (Å²) in [4.78, 5) is 12.5. The van der Waals surface area contributed by atoms with E-state index in [-0.39, 0.29) is 11.7 Å². The summed E-state index contributed by atoms with van der Waals surface area (Å²) in [7, 11) is 0. The fraction of sp³-hybridized carbons (Fsp3) is 0.185. The average molecular weight is 536 g/mol. The van der Waals surface area contributed by atoms with Gasteiger partial charge in [0, 0.05) is 16.3 Å². The molecule has 4 aromatic rings. The molecule has 4 rings (SSSR count). The monoisotopic (exact) mass is 535 g/mol. The zero-order valence-corrected chi connectivity index (χ0v) is 22.0. The standard InChI is InChI=1S/C27H26ClN5O3S/c1-3-35-23-13-5-19(6-14-23)17-29-30-25(34)18-37-27-32-31-26(20-7-9-21(28)10-8-20)33(27)22-11-15-24(16-12-22)36-4-2/h5-17H,3-4,18H2,1-2H3,(H,30,34)/b29-17-. The third kappa shape index (κ3) is 7.12. The van der Waals surface area contributed by atoms with Crippen molar-refractivity contribution in [2.24, 2.45) is 5.10 Å². The minimum Gasteiger partial charge on any atom is -0.494 e. The third-order valence-electron chi connectivity index (χ3n) is 5.07. The van der Waals surface area contributed by atoms with Crippen LogP contribution in [-0.4, -0.2) is 45.9 Å². The number of nitrogens with zero attached hydrogens (tertiary/aromatic N) is 4. The van der Waals surface area contributed by atoms with Gasteiger partial charge in [-0.25, -0.2) is 5.43 Å². The lowest BCUT2D eigenvalue weighted by Gasteiger charge is -2.11. The van der Waals surface area contributed by atoms with Crippen molar-refractivity contribution in [2.45, 2.75) is 19.0 Å². The molecule has 37 heavy (non-hydrogen) atoms. The van der Waals surface area contributed by atoms with Gasteiger partial charge in [0.05, 0.1) is 25.2 Å². The summed E-state index contributed by atoms with van der Waals surface area (Å²) in [5.41, 5.74) is 5.09. The van der Waals surface area contributed by atoms with Crippen LogP contribution in [0.1, 0.15) is 19.4 Å². The van der Waals surface area contributed by atoms with E-state index in [0.717, 1.165) is 28.3 Å². The van der Waals surface area contributed by atoms with E-state index in [1.807, 2.05) is 79.1 Å². The number of carbonyl (C=O) groups excluding carboxylic acids is 1. The van der Waals surface area contributed by atoms with Crippen LogP contribution in [-0.2, 0) is 4.79 Å². The van der Waals surface area contributed by atoms with Crippen molar-refractivity contribution >= 4 is 35.5 Å². The van der Waals surface area contributed by atoms with Crippen molar-refractivity contribution < 1.29 is 14.3 Å². The number of hydrazone groups is 1. The molecule has 0 spiro atoms. The zero-order chi connectivity index (χ0) is 26.0. The van der Waals surface area contributed by atoms with Gasteiger partial charge in [-0.1, -0.05) is 23.4 Å². The Bertz CT molecular complexity index is 1340. The van der Waals surface area contributed by atoms with Gasteiger partial charge in [-0.3, -0.25) is 9.36 Å². The zero-order valence-electron chi connectivity index (χ0n) is 20.4. The number of halogens is 1. The molecule has 0 atom stereocenters. The molecule has 0 aliphatic carbocycles. The number of hydrogen-bond donors (Lipinski definition) is 1. The van der Waals surface area contributed by atoms with E-state index < -0.39 is 0 Å². The molecular weight excluding hydrogens is 510 g/mol. The van der Waals surface area contributed by atoms with Gasteiger partial charge in [0.15, 0.2) is 11.0 Å². The van der Waals surface area contributed by atoms with E-state index in [9.17, 15) is 4.79 Å². The van der Waals surface area contributed by atoms with E-state index in [1.165, 1.54) is 11.8 Å². The van der Waals surface area contributed by atoms with E-state index in [0.29, 0.717) is 29.2 Å². The van der Waals surface area contributed by atoms with Crippen LogP contribution < -0.4 is 14.9 Å². The van der Waals surface area contributed by atoms with E-state index >= 15 is 0 Å². The first-order valence-electron chi connectivity index (χ1n) is 11.7. The smallest absolute Gasteiger partial charge is 0.250 e. The molecule has 0 fully saturated rings. The number of amides is 1. The molecule has 0 aliphatic heterocycles. The summed E-state index contributed by atoms with van der Waals surface area (Å²) in [5, 5.41) is 14.0. The maximum absolute atomic E-state index is 12.5. The largest absolute Gasteiger partial charge is 0.494 e. The molecular formula is C27H26ClN5O3S. The second-order valence-electron chi connectivity index (χ2n) is 7.66. The molecule has 0 aliphatic rings. The summed E-state index contributed by atoms with van der Waals surface area (Å²) in [6.45, 7) is 5.06. The van der Waals surface area contributed by atoms with Gasteiger partial charge in [-0.15, -0.1) is 10.2 Å². The summed E-state index contributed by atoms with van der Waals surface area (Å²) >= 11 is 7.34. The fourth-order valence-electron chi connectivity index (χ4n) is 3.40. The van der Waals surface area contributed by atoms with Crippen molar-refractivity contribution in [3.8, 4) is 28.6 Å². The van der Waals surface area contributed by atoms with Gasteiger partial charge in [0.25, 0.3) is 5.91 Å². The maximum atomic E-state index is 12.5. The van der Waals surface area contributed by atoms with Gasteiger partial charge >= 0.3 is 0 Å². The van der Waals surface area contributed by atoms with Crippen LogP contribution in [0.4, 0.5) is 0 Å². The maximum Gasteiger partial charge on any atom is 0.250 e. The second-order valence-corrected chi connectivity index (χ2v) is 9.04. The number of carbonyl (C=O) groups is 1. The Balaban J connectivity index is 1.47. The summed E-state index contributed by atoms with van der Waals surface area (Å²) < 4.78 is 12.9. The predicted molar refractivity (Wildman–Crippen MR) is 147 cm³/mol. The third-order valence-corrected chi connectivity index (χ3v) is 6.25. The first kappa shape index (κ1) is 26.2. The summed E-state index contributed by atoms with van der Waals surface area (Å²) in [6, 6.07) is 22.5. The Morgan fingerprint density at radius 2 is 1.57 bits per heavy atom. The minimum atomic E-state index is -0.263. The molecule has 190 valence electrons. The molecule has 10 heteroatoms. The number of benzene rings is 3. The van der Waals surface area contributed by atoms with Crippen molar-refractivity contribution in [2.75, 3.05) is 19.0 Å². The molecule has 0 saturated carbocycles. The molecule has 3 aromatic carbocycles. The van der Waals surface area contributed by atoms with E-state index in [2.05, 4.69) is 20.7 Å². The number of nitrogens with one attached hydrogen (secondary N) is 1. The fourth-order valence-corrected chi connectivity index (χ4v) is 4.27. The average Bonchev–Trinajstić information content (AvgIpc) is 3.34. The summed E-state index contributed by atoms with van der Waals surface area (Å²) in [6.07, 6.45) is 1.58. The first-order chi connectivity index (χ1) is 18.1. The molecule has 8 nitrogen and oxygen atoms in total. The number of rotatable bonds is 11. The van der Waals surface area contributed by atoms with Gasteiger partial charge in [0.2, 0.25) is 0 Å². The number of hydrogen-bond acceptors (Lipinski definition) is 7. The quantitative estimate of drug-likeness (QED) is 0.152. The van der Waals surface area contributed by atoms with Crippen LogP contribution in [0.5, 0.6) is 11.5 Å². The highest BCUT2D eigenvalue weighted by molar-refractivity contribution is 7.99. The highest BCUT2D eigenvalue weighted by Gasteiger charge is 2.17. The van der Waals surface area contributed by atoms with Crippen molar-refractivity contribution in [3.05, 3.63) is 83.4 Å². The van der Waals surface area contributed by atoms with E-state index in [1.54, 1.807) is 18.3 Å². The molecule has 1 amide bonds. The van der Waals surface area contributed by atoms with Crippen LogP contribution in [0.2, 0.25) is 5.02 Å². The Labute approximate surface area is 224 Å². The van der Waals surface area contributed by atoms with Crippen LogP contribution in [0, 0.1) is 0 Å². The van der Waals surface area contributed by atoms with Gasteiger partial charge in [-0.05, 0) is 92.2 Å². The van der Waals surface area contributed by atoms with Gasteiger partial charge in [0.1, 0.15) is 11.5 Å². The molecule has 1 heterocycles. The molecule has 0 unspecified atom stereocenters.